The molecule has 96 valence electrons. The zero-order chi connectivity index (χ0) is 13.5. The number of hydrogen-bond acceptors (Lipinski definition) is 2. The third-order valence-electron chi connectivity index (χ3n) is 3.93. The van der Waals surface area contributed by atoms with Crippen LogP contribution in [0.5, 0.6) is 0 Å². The quantitative estimate of drug-likeness (QED) is 0.911. The van der Waals surface area contributed by atoms with Crippen molar-refractivity contribution in [2.24, 2.45) is 5.41 Å². The fraction of sp³-hybridized carbons (Fsp3) is 0.333. The Kier molecular flexibility index (Phi) is 2.56. The van der Waals surface area contributed by atoms with E-state index in [1.807, 2.05) is 18.3 Å². The summed E-state index contributed by atoms with van der Waals surface area (Å²) in [4.78, 5) is 10.9. The first-order chi connectivity index (χ1) is 9.13. The van der Waals surface area contributed by atoms with Crippen LogP contribution in [-0.2, 0) is 6.54 Å². The normalized spacial score (nSPS) is 16.2. The molecule has 0 bridgehead atoms. The number of carboxylic acid groups (broad SMARTS) is 1. The van der Waals surface area contributed by atoms with Crippen LogP contribution in [-0.4, -0.2) is 15.6 Å². The largest absolute Gasteiger partial charge is 0.478 e. The number of nitrogens with zero attached hydrogens (tertiary/aromatic N) is 2. The molecule has 1 fully saturated rings. The lowest BCUT2D eigenvalue weighted by Crippen LogP contribution is -2.10. The van der Waals surface area contributed by atoms with E-state index in [1.54, 1.807) is 12.1 Å². The van der Waals surface area contributed by atoms with E-state index in [-0.39, 0.29) is 5.41 Å². The number of aromatic carboxylic acids is 1. The van der Waals surface area contributed by atoms with E-state index in [4.69, 9.17) is 10.4 Å². The summed E-state index contributed by atoms with van der Waals surface area (Å²) in [5.74, 6) is -0.905. The molecule has 4 nitrogen and oxygen atoms in total. The topological polar surface area (TPSA) is 66.0 Å². The molecular weight excluding hydrogens is 240 g/mol. The average Bonchev–Trinajstić information content (AvgIpc) is 3.02. The van der Waals surface area contributed by atoms with Crippen LogP contribution in [0.4, 0.5) is 0 Å². The molecule has 3 rings (SSSR count). The minimum atomic E-state index is -0.905. The highest BCUT2D eigenvalue weighted by Crippen LogP contribution is 2.50. The number of hydrogen-bond donors (Lipinski definition) is 1. The highest BCUT2D eigenvalue weighted by molar-refractivity contribution is 5.93. The van der Waals surface area contributed by atoms with E-state index >= 15 is 0 Å². The van der Waals surface area contributed by atoms with Crippen molar-refractivity contribution < 1.29 is 9.90 Å². The Bertz CT molecular complexity index is 690. The van der Waals surface area contributed by atoms with E-state index in [0.29, 0.717) is 12.0 Å². The summed E-state index contributed by atoms with van der Waals surface area (Å²) in [6, 6.07) is 9.37. The lowest BCUT2D eigenvalue weighted by molar-refractivity contribution is 0.0697. The molecule has 1 aliphatic carbocycles. The van der Waals surface area contributed by atoms with Gasteiger partial charge in [-0.3, -0.25) is 0 Å². The maximum atomic E-state index is 10.9. The van der Waals surface area contributed by atoms with E-state index in [2.05, 4.69) is 10.6 Å². The zero-order valence-electron chi connectivity index (χ0n) is 10.5. The molecule has 1 heterocycles. The standard InChI is InChI=1S/C15H14N2O2/c16-7-6-15(4-5-15)10-17-8-3-11-9-12(14(18)19)1-2-13(11)17/h1-3,8-9H,4-6,10H2,(H,18,19). The van der Waals surface area contributed by atoms with Gasteiger partial charge in [0.05, 0.1) is 11.6 Å². The summed E-state index contributed by atoms with van der Waals surface area (Å²) in [6.07, 6.45) is 4.79. The first-order valence-electron chi connectivity index (χ1n) is 6.33. The van der Waals surface area contributed by atoms with Gasteiger partial charge in [0.15, 0.2) is 0 Å². The summed E-state index contributed by atoms with van der Waals surface area (Å²) in [6.45, 7) is 0.844. The van der Waals surface area contributed by atoms with Crippen molar-refractivity contribution in [2.45, 2.75) is 25.8 Å². The van der Waals surface area contributed by atoms with Crippen molar-refractivity contribution in [3.8, 4) is 6.07 Å². The van der Waals surface area contributed by atoms with Gasteiger partial charge in [0, 0.05) is 35.5 Å². The van der Waals surface area contributed by atoms with Crippen molar-refractivity contribution in [3.05, 3.63) is 36.0 Å². The lowest BCUT2D eigenvalue weighted by atomic mass is 10.0. The number of fused-ring (bicyclic) bond motifs is 1. The van der Waals surface area contributed by atoms with Crippen molar-refractivity contribution in [1.82, 2.24) is 4.57 Å². The maximum Gasteiger partial charge on any atom is 0.335 e. The Morgan fingerprint density at radius 3 is 2.84 bits per heavy atom. The smallest absolute Gasteiger partial charge is 0.335 e. The lowest BCUT2D eigenvalue weighted by Gasteiger charge is -2.13. The van der Waals surface area contributed by atoms with Crippen molar-refractivity contribution in [2.75, 3.05) is 0 Å². The Morgan fingerprint density at radius 2 is 2.21 bits per heavy atom. The summed E-state index contributed by atoms with van der Waals surface area (Å²) in [5.41, 5.74) is 1.49. The summed E-state index contributed by atoms with van der Waals surface area (Å²) in [7, 11) is 0. The van der Waals surface area contributed by atoms with Gasteiger partial charge in [0.2, 0.25) is 0 Å². The molecular formula is C15H14N2O2. The second-order valence-electron chi connectivity index (χ2n) is 5.36. The monoisotopic (exact) mass is 254 g/mol. The minimum Gasteiger partial charge on any atom is -0.478 e. The van der Waals surface area contributed by atoms with Gasteiger partial charge >= 0.3 is 5.97 Å². The molecule has 1 aromatic carbocycles. The minimum absolute atomic E-state index is 0.145. The van der Waals surface area contributed by atoms with Gasteiger partial charge in [-0.15, -0.1) is 0 Å². The second kappa shape index (κ2) is 4.13. The van der Waals surface area contributed by atoms with Gasteiger partial charge in [-0.05, 0) is 37.1 Å². The molecule has 1 aromatic heterocycles. The number of aromatic nitrogens is 1. The predicted molar refractivity (Wildman–Crippen MR) is 70.8 cm³/mol. The van der Waals surface area contributed by atoms with Gasteiger partial charge < -0.3 is 9.67 Å². The van der Waals surface area contributed by atoms with Crippen LogP contribution in [0.15, 0.2) is 30.5 Å². The SMILES string of the molecule is N#CCC1(Cn2ccc3cc(C(=O)O)ccc32)CC1. The van der Waals surface area contributed by atoms with Crippen LogP contribution in [0.3, 0.4) is 0 Å². The van der Waals surface area contributed by atoms with Gasteiger partial charge in [-0.2, -0.15) is 5.26 Å². The van der Waals surface area contributed by atoms with E-state index in [0.717, 1.165) is 30.3 Å². The first-order valence-corrected chi connectivity index (χ1v) is 6.33. The van der Waals surface area contributed by atoms with Crippen LogP contribution >= 0.6 is 0 Å². The molecule has 1 N–H and O–H groups in total. The first kappa shape index (κ1) is 11.8. The van der Waals surface area contributed by atoms with E-state index < -0.39 is 5.97 Å². The second-order valence-corrected chi connectivity index (χ2v) is 5.36. The van der Waals surface area contributed by atoms with Gasteiger partial charge in [0.25, 0.3) is 0 Å². The number of benzene rings is 1. The van der Waals surface area contributed by atoms with Gasteiger partial charge in [-0.1, -0.05) is 0 Å². The van der Waals surface area contributed by atoms with Crippen LogP contribution in [0.2, 0.25) is 0 Å². The fourth-order valence-corrected chi connectivity index (χ4v) is 2.57. The molecule has 0 atom stereocenters. The number of rotatable bonds is 4. The van der Waals surface area contributed by atoms with Crippen LogP contribution < -0.4 is 0 Å². The van der Waals surface area contributed by atoms with E-state index in [1.165, 1.54) is 0 Å². The fourth-order valence-electron chi connectivity index (χ4n) is 2.57. The number of carbonyl (C=O) groups is 1. The molecule has 19 heavy (non-hydrogen) atoms. The molecule has 1 aliphatic rings. The molecule has 1 saturated carbocycles. The molecule has 0 saturated heterocycles. The Balaban J connectivity index is 1.94. The summed E-state index contributed by atoms with van der Waals surface area (Å²) in [5, 5.41) is 18.8. The van der Waals surface area contributed by atoms with E-state index in [9.17, 15) is 4.79 Å². The molecule has 2 aromatic rings. The van der Waals surface area contributed by atoms with Crippen molar-refractivity contribution in [3.63, 3.8) is 0 Å². The third kappa shape index (κ3) is 2.08. The summed E-state index contributed by atoms with van der Waals surface area (Å²) >= 11 is 0. The van der Waals surface area contributed by atoms with Gasteiger partial charge in [-0.25, -0.2) is 4.79 Å². The highest BCUT2D eigenvalue weighted by atomic mass is 16.4. The molecule has 0 amide bonds. The Labute approximate surface area is 110 Å². The average molecular weight is 254 g/mol. The number of nitriles is 1. The number of carboxylic acids is 1. The predicted octanol–water partition coefficient (Wildman–Crippen LogP) is 3.03. The van der Waals surface area contributed by atoms with Crippen molar-refractivity contribution in [1.29, 1.82) is 5.26 Å². The molecule has 0 unspecified atom stereocenters. The summed E-state index contributed by atoms with van der Waals surface area (Å²) < 4.78 is 2.13. The van der Waals surface area contributed by atoms with Crippen LogP contribution in [0.25, 0.3) is 10.9 Å². The molecule has 0 radical (unpaired) electrons. The molecule has 4 heteroatoms. The Hall–Kier alpha value is -2.28. The molecule has 0 aliphatic heterocycles. The van der Waals surface area contributed by atoms with Crippen LogP contribution in [0, 0.1) is 16.7 Å². The maximum absolute atomic E-state index is 10.9. The van der Waals surface area contributed by atoms with Crippen molar-refractivity contribution >= 4 is 16.9 Å². The van der Waals surface area contributed by atoms with Crippen LogP contribution in [0.1, 0.15) is 29.6 Å². The molecule has 0 spiro atoms. The third-order valence-corrected chi connectivity index (χ3v) is 3.93. The van der Waals surface area contributed by atoms with Gasteiger partial charge in [0.1, 0.15) is 0 Å². The Morgan fingerprint density at radius 1 is 1.42 bits per heavy atom. The highest BCUT2D eigenvalue weighted by Gasteiger charge is 2.42. The zero-order valence-corrected chi connectivity index (χ0v) is 10.5.